The van der Waals surface area contributed by atoms with Gasteiger partial charge in [-0.1, -0.05) is 34.1 Å². The Morgan fingerprint density at radius 1 is 1.20 bits per heavy atom. The van der Waals surface area contributed by atoms with E-state index in [0.29, 0.717) is 17.3 Å². The molecule has 0 N–H and O–H groups in total. The van der Waals surface area contributed by atoms with Crippen LogP contribution >= 0.6 is 15.9 Å². The molecule has 2 aromatic rings. The summed E-state index contributed by atoms with van der Waals surface area (Å²) in [6.07, 6.45) is 0.963. The molecule has 0 aliphatic heterocycles. The van der Waals surface area contributed by atoms with E-state index >= 15 is 0 Å². The molecule has 0 saturated heterocycles. The highest BCUT2D eigenvalue weighted by atomic mass is 79.9. The smallest absolute Gasteiger partial charge is 0.166 e. The van der Waals surface area contributed by atoms with Crippen LogP contribution < -0.4 is 0 Å². The van der Waals surface area contributed by atoms with E-state index in [1.807, 2.05) is 12.1 Å². The molecule has 20 heavy (non-hydrogen) atoms. The summed E-state index contributed by atoms with van der Waals surface area (Å²) in [5.74, 6) is -0.624. The molecule has 0 atom stereocenters. The van der Waals surface area contributed by atoms with E-state index in [-0.39, 0.29) is 11.3 Å². The third kappa shape index (κ3) is 3.34. The summed E-state index contributed by atoms with van der Waals surface area (Å²) in [4.78, 5) is 12.1. The Hall–Kier alpha value is -1.48. The number of carbonyl (C=O) groups is 1. The number of carbonyl (C=O) groups excluding carboxylic acids is 1. The molecule has 104 valence electrons. The van der Waals surface area contributed by atoms with Crippen LogP contribution in [0.4, 0.5) is 4.39 Å². The lowest BCUT2D eigenvalue weighted by molar-refractivity contribution is 0.0979. The van der Waals surface area contributed by atoms with E-state index < -0.39 is 5.82 Å². The van der Waals surface area contributed by atoms with Crippen molar-refractivity contribution in [1.29, 1.82) is 0 Å². The lowest BCUT2D eigenvalue weighted by Gasteiger charge is -2.08. The topological polar surface area (TPSA) is 17.1 Å². The second kappa shape index (κ2) is 6.31. The minimum absolute atomic E-state index is 0.157. The maximum atomic E-state index is 13.7. The van der Waals surface area contributed by atoms with Crippen molar-refractivity contribution in [2.24, 2.45) is 0 Å². The molecular weight excluding hydrogens is 319 g/mol. The van der Waals surface area contributed by atoms with Gasteiger partial charge in [0.2, 0.25) is 0 Å². The number of Topliss-reactive ketones (excluding diaryl/α,β-unsaturated/α-hetero) is 1. The summed E-state index contributed by atoms with van der Waals surface area (Å²) in [5, 5.41) is 0. The molecule has 0 spiro atoms. The first-order valence-corrected chi connectivity index (χ1v) is 7.31. The van der Waals surface area contributed by atoms with Gasteiger partial charge in [0.1, 0.15) is 5.82 Å². The molecule has 0 heterocycles. The third-order valence-electron chi connectivity index (χ3n) is 3.57. The van der Waals surface area contributed by atoms with E-state index in [1.54, 1.807) is 6.07 Å². The predicted molar refractivity (Wildman–Crippen MR) is 82.7 cm³/mol. The average Bonchev–Trinajstić information content (AvgIpc) is 2.40. The quantitative estimate of drug-likeness (QED) is 0.717. The Morgan fingerprint density at radius 2 is 1.95 bits per heavy atom. The highest BCUT2D eigenvalue weighted by Crippen LogP contribution is 2.19. The first kappa shape index (κ1) is 14.9. The zero-order chi connectivity index (χ0) is 14.7. The number of halogens is 2. The van der Waals surface area contributed by atoms with Crippen LogP contribution in [0.15, 0.2) is 40.9 Å². The van der Waals surface area contributed by atoms with Crippen molar-refractivity contribution in [1.82, 2.24) is 0 Å². The van der Waals surface area contributed by atoms with E-state index in [2.05, 4.69) is 35.8 Å². The maximum Gasteiger partial charge on any atom is 0.166 e. The number of rotatable bonds is 4. The fourth-order valence-electron chi connectivity index (χ4n) is 2.18. The zero-order valence-corrected chi connectivity index (χ0v) is 13.1. The van der Waals surface area contributed by atoms with Crippen LogP contribution in [-0.2, 0) is 6.42 Å². The highest BCUT2D eigenvalue weighted by Gasteiger charge is 2.12. The monoisotopic (exact) mass is 334 g/mol. The molecule has 0 aromatic heterocycles. The average molecular weight is 335 g/mol. The van der Waals surface area contributed by atoms with Gasteiger partial charge in [0, 0.05) is 10.9 Å². The molecule has 0 saturated carbocycles. The van der Waals surface area contributed by atoms with Crippen molar-refractivity contribution in [3.63, 3.8) is 0 Å². The van der Waals surface area contributed by atoms with Gasteiger partial charge in [-0.25, -0.2) is 4.39 Å². The highest BCUT2D eigenvalue weighted by molar-refractivity contribution is 9.10. The van der Waals surface area contributed by atoms with Crippen molar-refractivity contribution < 1.29 is 9.18 Å². The minimum Gasteiger partial charge on any atom is -0.294 e. The second-order valence-corrected chi connectivity index (χ2v) is 5.82. The summed E-state index contributed by atoms with van der Waals surface area (Å²) < 4.78 is 14.4. The van der Waals surface area contributed by atoms with Crippen LogP contribution in [0.1, 0.15) is 33.5 Å². The van der Waals surface area contributed by atoms with Crippen LogP contribution in [0.3, 0.4) is 0 Å². The summed E-state index contributed by atoms with van der Waals surface area (Å²) in [5.41, 5.74) is 3.73. The maximum absolute atomic E-state index is 13.7. The number of benzene rings is 2. The fourth-order valence-corrected chi connectivity index (χ4v) is 2.51. The largest absolute Gasteiger partial charge is 0.294 e. The molecule has 2 aromatic carbocycles. The standard InChI is InChI=1S/C17H16BrFO/c1-11-4-3-5-13(12(11)2)6-9-17(20)15-8-7-14(18)10-16(15)19/h3-5,7-8,10H,6,9H2,1-2H3. The van der Waals surface area contributed by atoms with E-state index in [1.165, 1.54) is 23.3 Å². The van der Waals surface area contributed by atoms with Crippen LogP contribution in [0.2, 0.25) is 0 Å². The van der Waals surface area contributed by atoms with Gasteiger partial charge >= 0.3 is 0 Å². The van der Waals surface area contributed by atoms with Gasteiger partial charge in [0.25, 0.3) is 0 Å². The predicted octanol–water partition coefficient (Wildman–Crippen LogP) is 5.02. The number of hydrogen-bond acceptors (Lipinski definition) is 1. The lowest BCUT2D eigenvalue weighted by atomic mass is 9.97. The van der Waals surface area contributed by atoms with Gasteiger partial charge in [-0.05, 0) is 55.2 Å². The summed E-state index contributed by atoms with van der Waals surface area (Å²) >= 11 is 3.19. The Morgan fingerprint density at radius 3 is 2.65 bits per heavy atom. The Bertz CT molecular complexity index is 649. The van der Waals surface area contributed by atoms with Gasteiger partial charge in [0.15, 0.2) is 5.78 Å². The van der Waals surface area contributed by atoms with E-state index in [9.17, 15) is 9.18 Å². The Balaban J connectivity index is 2.11. The summed E-state index contributed by atoms with van der Waals surface area (Å²) in [7, 11) is 0. The normalized spacial score (nSPS) is 10.6. The van der Waals surface area contributed by atoms with Crippen molar-refractivity contribution >= 4 is 21.7 Å². The van der Waals surface area contributed by atoms with Gasteiger partial charge in [0.05, 0.1) is 5.56 Å². The number of aryl methyl sites for hydroxylation is 2. The molecule has 0 aliphatic carbocycles. The molecule has 1 nitrogen and oxygen atoms in total. The van der Waals surface area contributed by atoms with Crippen molar-refractivity contribution in [3.05, 3.63) is 68.9 Å². The van der Waals surface area contributed by atoms with E-state index in [4.69, 9.17) is 0 Å². The SMILES string of the molecule is Cc1cccc(CCC(=O)c2ccc(Br)cc2F)c1C. The number of hydrogen-bond donors (Lipinski definition) is 0. The second-order valence-electron chi connectivity index (χ2n) is 4.91. The van der Waals surface area contributed by atoms with Crippen molar-refractivity contribution in [2.45, 2.75) is 26.7 Å². The van der Waals surface area contributed by atoms with Crippen LogP contribution in [0.5, 0.6) is 0 Å². The molecule has 0 bridgehead atoms. The molecule has 0 fully saturated rings. The van der Waals surface area contributed by atoms with Crippen LogP contribution in [-0.4, -0.2) is 5.78 Å². The molecule has 0 aliphatic rings. The number of ketones is 1. The Kier molecular flexibility index (Phi) is 4.71. The molecule has 0 radical (unpaired) electrons. The minimum atomic E-state index is -0.467. The van der Waals surface area contributed by atoms with Gasteiger partial charge in [-0.15, -0.1) is 0 Å². The summed E-state index contributed by atoms with van der Waals surface area (Å²) in [6.45, 7) is 4.10. The first-order valence-electron chi connectivity index (χ1n) is 6.52. The van der Waals surface area contributed by atoms with Crippen LogP contribution in [0.25, 0.3) is 0 Å². The van der Waals surface area contributed by atoms with E-state index in [0.717, 1.165) is 5.56 Å². The first-order chi connectivity index (χ1) is 9.49. The fraction of sp³-hybridized carbons (Fsp3) is 0.235. The molecule has 0 unspecified atom stereocenters. The van der Waals surface area contributed by atoms with Gasteiger partial charge in [-0.3, -0.25) is 4.79 Å². The molecule has 3 heteroatoms. The van der Waals surface area contributed by atoms with Crippen molar-refractivity contribution in [2.75, 3.05) is 0 Å². The Labute approximate surface area is 127 Å². The lowest BCUT2D eigenvalue weighted by Crippen LogP contribution is -2.05. The molecule has 0 amide bonds. The zero-order valence-electron chi connectivity index (χ0n) is 11.5. The van der Waals surface area contributed by atoms with Crippen molar-refractivity contribution in [3.8, 4) is 0 Å². The van der Waals surface area contributed by atoms with Gasteiger partial charge < -0.3 is 0 Å². The summed E-state index contributed by atoms with van der Waals surface area (Å²) in [6, 6.07) is 10.6. The molecular formula is C17H16BrFO. The van der Waals surface area contributed by atoms with Gasteiger partial charge in [-0.2, -0.15) is 0 Å². The molecule has 2 rings (SSSR count). The third-order valence-corrected chi connectivity index (χ3v) is 4.06. The van der Waals surface area contributed by atoms with Crippen LogP contribution in [0, 0.1) is 19.7 Å².